The van der Waals surface area contributed by atoms with Gasteiger partial charge in [-0.05, 0) is 36.2 Å². The van der Waals surface area contributed by atoms with E-state index >= 15 is 0 Å². The standard InChI is InChI=1S/C15H11F/c1-3-12-8-9-15(16)14(10-12)13-7-5-4-6-11(13)2/h1,4-10H,2H3. The van der Waals surface area contributed by atoms with Gasteiger partial charge in [-0.1, -0.05) is 30.2 Å². The van der Waals surface area contributed by atoms with Crippen molar-refractivity contribution in [2.24, 2.45) is 0 Å². The van der Waals surface area contributed by atoms with Crippen LogP contribution in [0.2, 0.25) is 0 Å². The van der Waals surface area contributed by atoms with Crippen molar-refractivity contribution in [3.63, 3.8) is 0 Å². The van der Waals surface area contributed by atoms with E-state index < -0.39 is 0 Å². The van der Waals surface area contributed by atoms with Crippen LogP contribution in [0.5, 0.6) is 0 Å². The fourth-order valence-corrected chi connectivity index (χ4v) is 1.70. The van der Waals surface area contributed by atoms with Crippen LogP contribution in [0.4, 0.5) is 4.39 Å². The molecule has 16 heavy (non-hydrogen) atoms. The molecule has 0 aliphatic carbocycles. The number of aryl methyl sites for hydroxylation is 1. The summed E-state index contributed by atoms with van der Waals surface area (Å²) in [5.74, 6) is 2.27. The summed E-state index contributed by atoms with van der Waals surface area (Å²) in [6, 6.07) is 12.4. The molecule has 0 spiro atoms. The maximum atomic E-state index is 13.7. The number of halogens is 1. The van der Waals surface area contributed by atoms with Crippen LogP contribution in [0.25, 0.3) is 11.1 Å². The Labute approximate surface area is 94.7 Å². The molecular weight excluding hydrogens is 199 g/mol. The van der Waals surface area contributed by atoms with Crippen LogP contribution in [-0.2, 0) is 0 Å². The second-order valence-corrected chi connectivity index (χ2v) is 3.65. The van der Waals surface area contributed by atoms with Crippen molar-refractivity contribution in [3.8, 4) is 23.5 Å². The zero-order valence-corrected chi connectivity index (χ0v) is 9.00. The number of hydrogen-bond donors (Lipinski definition) is 0. The monoisotopic (exact) mass is 210 g/mol. The molecular formula is C15H11F. The number of rotatable bonds is 1. The Balaban J connectivity index is 2.65. The highest BCUT2D eigenvalue weighted by Crippen LogP contribution is 2.26. The predicted molar refractivity (Wildman–Crippen MR) is 64.5 cm³/mol. The lowest BCUT2D eigenvalue weighted by molar-refractivity contribution is 0.631. The molecule has 2 rings (SSSR count). The molecule has 0 unspecified atom stereocenters. The molecule has 0 heterocycles. The Bertz CT molecular complexity index is 562. The van der Waals surface area contributed by atoms with Crippen LogP contribution in [0.15, 0.2) is 42.5 Å². The summed E-state index contributed by atoms with van der Waals surface area (Å²) >= 11 is 0. The van der Waals surface area contributed by atoms with E-state index in [9.17, 15) is 4.39 Å². The van der Waals surface area contributed by atoms with Gasteiger partial charge >= 0.3 is 0 Å². The van der Waals surface area contributed by atoms with E-state index in [4.69, 9.17) is 6.42 Å². The summed E-state index contributed by atoms with van der Waals surface area (Å²) in [6.45, 7) is 1.96. The highest BCUT2D eigenvalue weighted by molar-refractivity contribution is 5.69. The first kappa shape index (κ1) is 10.4. The Morgan fingerprint density at radius 3 is 2.50 bits per heavy atom. The van der Waals surface area contributed by atoms with E-state index in [0.717, 1.165) is 11.1 Å². The topological polar surface area (TPSA) is 0 Å². The molecule has 0 bridgehead atoms. The van der Waals surface area contributed by atoms with Crippen molar-refractivity contribution in [2.75, 3.05) is 0 Å². The SMILES string of the molecule is C#Cc1ccc(F)c(-c2ccccc2C)c1. The molecule has 0 N–H and O–H groups in total. The van der Waals surface area contributed by atoms with Crippen LogP contribution in [0, 0.1) is 25.1 Å². The smallest absolute Gasteiger partial charge is 0.131 e. The van der Waals surface area contributed by atoms with Crippen molar-refractivity contribution in [3.05, 3.63) is 59.4 Å². The zero-order chi connectivity index (χ0) is 11.5. The minimum absolute atomic E-state index is 0.242. The molecule has 0 fully saturated rings. The molecule has 0 amide bonds. The second-order valence-electron chi connectivity index (χ2n) is 3.65. The van der Waals surface area contributed by atoms with Crippen molar-refractivity contribution in [2.45, 2.75) is 6.92 Å². The van der Waals surface area contributed by atoms with Crippen molar-refractivity contribution >= 4 is 0 Å². The molecule has 0 saturated carbocycles. The van der Waals surface area contributed by atoms with Gasteiger partial charge in [-0.3, -0.25) is 0 Å². The third-order valence-electron chi connectivity index (χ3n) is 2.57. The van der Waals surface area contributed by atoms with Gasteiger partial charge in [-0.2, -0.15) is 0 Å². The molecule has 2 aromatic carbocycles. The van der Waals surface area contributed by atoms with E-state index in [1.165, 1.54) is 6.07 Å². The highest BCUT2D eigenvalue weighted by Gasteiger charge is 2.07. The predicted octanol–water partition coefficient (Wildman–Crippen LogP) is 3.78. The van der Waals surface area contributed by atoms with Crippen LogP contribution in [0.3, 0.4) is 0 Å². The lowest BCUT2D eigenvalue weighted by Crippen LogP contribution is -1.88. The average Bonchev–Trinajstić information content (AvgIpc) is 2.31. The van der Waals surface area contributed by atoms with Crippen molar-refractivity contribution in [1.29, 1.82) is 0 Å². The molecule has 78 valence electrons. The molecule has 0 aliphatic heterocycles. The molecule has 0 atom stereocenters. The fraction of sp³-hybridized carbons (Fsp3) is 0.0667. The first-order chi connectivity index (χ1) is 7.72. The number of terminal acetylenes is 1. The summed E-state index contributed by atoms with van der Waals surface area (Å²) in [4.78, 5) is 0. The number of benzene rings is 2. The Hall–Kier alpha value is -2.07. The first-order valence-electron chi connectivity index (χ1n) is 5.04. The highest BCUT2D eigenvalue weighted by atomic mass is 19.1. The summed E-state index contributed by atoms with van der Waals surface area (Å²) in [5, 5.41) is 0. The normalized spacial score (nSPS) is 9.81. The van der Waals surface area contributed by atoms with Crippen LogP contribution in [0.1, 0.15) is 11.1 Å². The summed E-state index contributed by atoms with van der Waals surface area (Å²) < 4.78 is 13.7. The van der Waals surface area contributed by atoms with Crippen LogP contribution >= 0.6 is 0 Å². The lowest BCUT2D eigenvalue weighted by Gasteiger charge is -2.07. The zero-order valence-electron chi connectivity index (χ0n) is 9.00. The fourth-order valence-electron chi connectivity index (χ4n) is 1.70. The Kier molecular flexibility index (Phi) is 2.74. The van der Waals surface area contributed by atoms with E-state index in [1.54, 1.807) is 12.1 Å². The minimum atomic E-state index is -0.242. The van der Waals surface area contributed by atoms with Gasteiger partial charge in [-0.15, -0.1) is 6.42 Å². The van der Waals surface area contributed by atoms with Gasteiger partial charge in [-0.25, -0.2) is 4.39 Å². The van der Waals surface area contributed by atoms with Gasteiger partial charge in [0.15, 0.2) is 0 Å². The van der Waals surface area contributed by atoms with Gasteiger partial charge in [0.25, 0.3) is 0 Å². The molecule has 2 aromatic rings. The molecule has 0 radical (unpaired) electrons. The van der Waals surface area contributed by atoms with Gasteiger partial charge < -0.3 is 0 Å². The van der Waals surface area contributed by atoms with Crippen molar-refractivity contribution < 1.29 is 4.39 Å². The number of hydrogen-bond acceptors (Lipinski definition) is 0. The van der Waals surface area contributed by atoms with Crippen LogP contribution < -0.4 is 0 Å². The van der Waals surface area contributed by atoms with Crippen molar-refractivity contribution in [1.82, 2.24) is 0 Å². The van der Waals surface area contributed by atoms with E-state index in [-0.39, 0.29) is 5.82 Å². The second kappa shape index (κ2) is 4.20. The van der Waals surface area contributed by atoms with Gasteiger partial charge in [0.2, 0.25) is 0 Å². The first-order valence-corrected chi connectivity index (χ1v) is 5.04. The van der Waals surface area contributed by atoms with Gasteiger partial charge in [0.1, 0.15) is 5.82 Å². The molecule has 1 heteroatoms. The third kappa shape index (κ3) is 1.83. The van der Waals surface area contributed by atoms with Gasteiger partial charge in [0.05, 0.1) is 0 Å². The van der Waals surface area contributed by atoms with E-state index in [0.29, 0.717) is 11.1 Å². The Morgan fingerprint density at radius 2 is 1.81 bits per heavy atom. The summed E-state index contributed by atoms with van der Waals surface area (Å²) in [6.07, 6.45) is 5.31. The molecule has 0 nitrogen and oxygen atoms in total. The third-order valence-corrected chi connectivity index (χ3v) is 2.57. The average molecular weight is 210 g/mol. The minimum Gasteiger partial charge on any atom is -0.206 e. The molecule has 0 aliphatic rings. The maximum absolute atomic E-state index is 13.7. The largest absolute Gasteiger partial charge is 0.206 e. The van der Waals surface area contributed by atoms with E-state index in [2.05, 4.69) is 5.92 Å². The maximum Gasteiger partial charge on any atom is 0.131 e. The Morgan fingerprint density at radius 1 is 1.06 bits per heavy atom. The van der Waals surface area contributed by atoms with Gasteiger partial charge in [0, 0.05) is 11.1 Å². The summed E-state index contributed by atoms with van der Waals surface area (Å²) in [5.41, 5.74) is 3.18. The quantitative estimate of drug-likeness (QED) is 0.628. The summed E-state index contributed by atoms with van der Waals surface area (Å²) in [7, 11) is 0. The molecule has 0 saturated heterocycles. The van der Waals surface area contributed by atoms with E-state index in [1.807, 2.05) is 31.2 Å². The van der Waals surface area contributed by atoms with Crippen LogP contribution in [-0.4, -0.2) is 0 Å². The lowest BCUT2D eigenvalue weighted by atomic mass is 9.98. The molecule has 0 aromatic heterocycles.